The summed E-state index contributed by atoms with van der Waals surface area (Å²) in [5.74, 6) is 0.782. The molecule has 0 amide bonds. The number of nitrogens with zero attached hydrogens (tertiary/aromatic N) is 1. The van der Waals surface area contributed by atoms with E-state index in [0.717, 1.165) is 12.2 Å². The molecular formula is C13H17NO2. The van der Waals surface area contributed by atoms with E-state index in [-0.39, 0.29) is 0 Å². The lowest BCUT2D eigenvalue weighted by atomic mass is 10.1. The number of benzene rings is 1. The average molecular weight is 219 g/mol. The number of ether oxygens (including phenoxy) is 1. The number of aliphatic hydroxyl groups excluding tert-OH is 1. The molecule has 0 saturated heterocycles. The van der Waals surface area contributed by atoms with Gasteiger partial charge in [-0.2, -0.15) is 5.26 Å². The van der Waals surface area contributed by atoms with Crippen LogP contribution >= 0.6 is 0 Å². The topological polar surface area (TPSA) is 53.2 Å². The van der Waals surface area contributed by atoms with Crippen molar-refractivity contribution in [2.24, 2.45) is 0 Å². The van der Waals surface area contributed by atoms with Crippen LogP contribution in [0, 0.1) is 11.3 Å². The molecule has 0 fully saturated rings. The number of nitriles is 1. The molecule has 3 nitrogen and oxygen atoms in total. The molecule has 1 unspecified atom stereocenters. The number of hydrogen-bond acceptors (Lipinski definition) is 3. The van der Waals surface area contributed by atoms with Gasteiger partial charge in [-0.3, -0.25) is 0 Å². The van der Waals surface area contributed by atoms with Gasteiger partial charge in [-0.25, -0.2) is 0 Å². The molecule has 16 heavy (non-hydrogen) atoms. The fourth-order valence-electron chi connectivity index (χ4n) is 1.36. The van der Waals surface area contributed by atoms with E-state index in [1.165, 1.54) is 12.8 Å². The number of aliphatic hydroxyl groups is 1. The first-order chi connectivity index (χ1) is 7.77. The van der Waals surface area contributed by atoms with Crippen molar-refractivity contribution in [2.45, 2.75) is 32.3 Å². The minimum atomic E-state index is -1.05. The molecule has 0 spiro atoms. The van der Waals surface area contributed by atoms with Crippen molar-refractivity contribution in [3.8, 4) is 11.8 Å². The normalized spacial score (nSPS) is 11.8. The molecule has 0 aliphatic rings. The molecule has 1 N–H and O–H groups in total. The average Bonchev–Trinajstić information content (AvgIpc) is 2.34. The van der Waals surface area contributed by atoms with E-state index in [1.54, 1.807) is 30.3 Å². The lowest BCUT2D eigenvalue weighted by Crippen LogP contribution is -1.98. The van der Waals surface area contributed by atoms with Crippen LogP contribution in [0.2, 0.25) is 0 Å². The highest BCUT2D eigenvalue weighted by atomic mass is 16.5. The van der Waals surface area contributed by atoms with E-state index < -0.39 is 6.10 Å². The number of unbranched alkanes of at least 4 members (excludes halogenated alkanes) is 2. The monoisotopic (exact) mass is 219 g/mol. The van der Waals surface area contributed by atoms with Crippen molar-refractivity contribution in [1.29, 1.82) is 5.26 Å². The summed E-state index contributed by atoms with van der Waals surface area (Å²) in [5.41, 5.74) is 0.600. The summed E-state index contributed by atoms with van der Waals surface area (Å²) in [6, 6.07) is 8.76. The molecule has 86 valence electrons. The first kappa shape index (κ1) is 12.5. The summed E-state index contributed by atoms with van der Waals surface area (Å²) in [5, 5.41) is 17.8. The second kappa shape index (κ2) is 6.86. The molecule has 1 atom stereocenters. The highest BCUT2D eigenvalue weighted by Crippen LogP contribution is 2.17. The van der Waals surface area contributed by atoms with E-state index in [9.17, 15) is 5.11 Å². The van der Waals surface area contributed by atoms with Gasteiger partial charge < -0.3 is 9.84 Å². The van der Waals surface area contributed by atoms with Crippen LogP contribution in [0.5, 0.6) is 5.75 Å². The first-order valence-electron chi connectivity index (χ1n) is 5.58. The summed E-state index contributed by atoms with van der Waals surface area (Å²) in [7, 11) is 0. The summed E-state index contributed by atoms with van der Waals surface area (Å²) in [6.45, 7) is 2.87. The minimum absolute atomic E-state index is 0.600. The standard InChI is InChI=1S/C13H17NO2/c1-2-3-4-9-16-12-7-5-11(6-8-12)13(15)10-14/h5-8,13,15H,2-4,9H2,1H3. The molecule has 1 rings (SSSR count). The van der Waals surface area contributed by atoms with Crippen LogP contribution in [0.1, 0.15) is 37.9 Å². The van der Waals surface area contributed by atoms with Crippen LogP contribution in [0.4, 0.5) is 0 Å². The van der Waals surface area contributed by atoms with Crippen molar-refractivity contribution < 1.29 is 9.84 Å². The van der Waals surface area contributed by atoms with Gasteiger partial charge in [-0.15, -0.1) is 0 Å². The SMILES string of the molecule is CCCCCOc1ccc(C(O)C#N)cc1. The Morgan fingerprint density at radius 3 is 2.56 bits per heavy atom. The van der Waals surface area contributed by atoms with Crippen LogP contribution in [0.15, 0.2) is 24.3 Å². The lowest BCUT2D eigenvalue weighted by molar-refractivity contribution is 0.235. The number of hydrogen-bond donors (Lipinski definition) is 1. The third-order valence-corrected chi connectivity index (χ3v) is 2.33. The van der Waals surface area contributed by atoms with Gasteiger partial charge in [0.15, 0.2) is 6.10 Å². The second-order valence-electron chi connectivity index (χ2n) is 3.66. The van der Waals surface area contributed by atoms with Gasteiger partial charge in [0.1, 0.15) is 5.75 Å². The smallest absolute Gasteiger partial charge is 0.165 e. The van der Waals surface area contributed by atoms with Gasteiger partial charge in [0.2, 0.25) is 0 Å². The molecule has 0 aromatic heterocycles. The maximum atomic E-state index is 9.26. The van der Waals surface area contributed by atoms with Crippen LogP contribution in [-0.4, -0.2) is 11.7 Å². The zero-order chi connectivity index (χ0) is 11.8. The fraction of sp³-hybridized carbons (Fsp3) is 0.462. The third kappa shape index (κ3) is 3.92. The Labute approximate surface area is 96.3 Å². The van der Waals surface area contributed by atoms with Gasteiger partial charge in [0, 0.05) is 0 Å². The molecule has 0 aliphatic heterocycles. The van der Waals surface area contributed by atoms with Gasteiger partial charge in [-0.05, 0) is 24.1 Å². The molecule has 3 heteroatoms. The Morgan fingerprint density at radius 2 is 2.00 bits per heavy atom. The van der Waals surface area contributed by atoms with Gasteiger partial charge in [-0.1, -0.05) is 31.9 Å². The Hall–Kier alpha value is -1.53. The predicted molar refractivity (Wildman–Crippen MR) is 62.0 cm³/mol. The lowest BCUT2D eigenvalue weighted by Gasteiger charge is -2.07. The van der Waals surface area contributed by atoms with Crippen molar-refractivity contribution in [3.63, 3.8) is 0 Å². The molecular weight excluding hydrogens is 202 g/mol. The van der Waals surface area contributed by atoms with Gasteiger partial charge in [0.25, 0.3) is 0 Å². The van der Waals surface area contributed by atoms with Crippen molar-refractivity contribution in [3.05, 3.63) is 29.8 Å². The quantitative estimate of drug-likeness (QED) is 0.591. The van der Waals surface area contributed by atoms with E-state index >= 15 is 0 Å². The minimum Gasteiger partial charge on any atom is -0.494 e. The summed E-state index contributed by atoms with van der Waals surface area (Å²) < 4.78 is 5.51. The van der Waals surface area contributed by atoms with Crippen LogP contribution < -0.4 is 4.74 Å². The summed E-state index contributed by atoms with van der Waals surface area (Å²) in [6.07, 6.45) is 2.36. The fourth-order valence-corrected chi connectivity index (χ4v) is 1.36. The maximum Gasteiger partial charge on any atom is 0.165 e. The van der Waals surface area contributed by atoms with Crippen molar-refractivity contribution in [1.82, 2.24) is 0 Å². The zero-order valence-corrected chi connectivity index (χ0v) is 9.52. The van der Waals surface area contributed by atoms with E-state index in [0.29, 0.717) is 12.2 Å². The molecule has 0 bridgehead atoms. The molecule has 1 aromatic carbocycles. The van der Waals surface area contributed by atoms with E-state index in [2.05, 4.69) is 6.92 Å². The van der Waals surface area contributed by atoms with E-state index in [4.69, 9.17) is 10.00 Å². The number of rotatable bonds is 6. The summed E-state index contributed by atoms with van der Waals surface area (Å²) in [4.78, 5) is 0. The zero-order valence-electron chi connectivity index (χ0n) is 9.52. The van der Waals surface area contributed by atoms with Crippen molar-refractivity contribution >= 4 is 0 Å². The first-order valence-corrected chi connectivity index (χ1v) is 5.58. The summed E-state index contributed by atoms with van der Waals surface area (Å²) >= 11 is 0. The molecule has 0 saturated carbocycles. The molecule has 0 radical (unpaired) electrons. The second-order valence-corrected chi connectivity index (χ2v) is 3.66. The van der Waals surface area contributed by atoms with Crippen LogP contribution in [-0.2, 0) is 0 Å². The van der Waals surface area contributed by atoms with Gasteiger partial charge >= 0.3 is 0 Å². The van der Waals surface area contributed by atoms with E-state index in [1.807, 2.05) is 0 Å². The highest BCUT2D eigenvalue weighted by Gasteiger charge is 2.04. The Morgan fingerprint density at radius 1 is 1.31 bits per heavy atom. The Kier molecular flexibility index (Phi) is 5.38. The molecule has 1 aromatic rings. The largest absolute Gasteiger partial charge is 0.494 e. The third-order valence-electron chi connectivity index (χ3n) is 2.33. The van der Waals surface area contributed by atoms with Crippen LogP contribution in [0.25, 0.3) is 0 Å². The molecule has 0 aliphatic carbocycles. The maximum absolute atomic E-state index is 9.26. The Bertz CT molecular complexity index is 340. The van der Waals surface area contributed by atoms with Crippen molar-refractivity contribution in [2.75, 3.05) is 6.61 Å². The Balaban J connectivity index is 2.43. The highest BCUT2D eigenvalue weighted by molar-refractivity contribution is 5.30. The predicted octanol–water partition coefficient (Wildman–Crippen LogP) is 2.81. The van der Waals surface area contributed by atoms with Crippen LogP contribution in [0.3, 0.4) is 0 Å². The van der Waals surface area contributed by atoms with Gasteiger partial charge in [0.05, 0.1) is 12.7 Å². The molecule has 0 heterocycles.